The number of hydrogen-bond donors (Lipinski definition) is 1. The topological polar surface area (TPSA) is 55.5 Å². The van der Waals surface area contributed by atoms with E-state index in [2.05, 4.69) is 67.3 Å². The van der Waals surface area contributed by atoms with Crippen LogP contribution >= 0.6 is 0 Å². The molecule has 2 aliphatic rings. The molecule has 1 amide bonds. The molecule has 4 heterocycles. The number of nitrogens with one attached hydrogen (secondary N) is 1. The Labute approximate surface area is 183 Å². The van der Waals surface area contributed by atoms with Crippen molar-refractivity contribution in [3.63, 3.8) is 0 Å². The molecule has 2 fully saturated rings. The molecule has 6 heteroatoms. The van der Waals surface area contributed by atoms with E-state index in [1.807, 2.05) is 12.4 Å². The first kappa shape index (κ1) is 20.2. The number of rotatable bonds is 5. The van der Waals surface area contributed by atoms with Gasteiger partial charge in [0.25, 0.3) is 0 Å². The highest BCUT2D eigenvalue weighted by atomic mass is 16.2. The second-order valence-corrected chi connectivity index (χ2v) is 8.87. The number of carbonyl (C=O) groups is 1. The zero-order valence-corrected chi connectivity index (χ0v) is 18.0. The van der Waals surface area contributed by atoms with Crippen LogP contribution in [0.3, 0.4) is 0 Å². The highest BCUT2D eigenvalue weighted by molar-refractivity contribution is 5.83. The van der Waals surface area contributed by atoms with Gasteiger partial charge in [-0.25, -0.2) is 0 Å². The van der Waals surface area contributed by atoms with Crippen LogP contribution in [0.25, 0.3) is 10.9 Å². The second-order valence-electron chi connectivity index (χ2n) is 8.87. The molecular formula is C25H31N5O. The minimum atomic E-state index is 0.189. The maximum Gasteiger partial charge on any atom is 0.225 e. The Morgan fingerprint density at radius 2 is 1.61 bits per heavy atom. The van der Waals surface area contributed by atoms with Crippen molar-refractivity contribution in [2.45, 2.75) is 25.9 Å². The molecule has 0 bridgehead atoms. The molecule has 6 nitrogen and oxygen atoms in total. The van der Waals surface area contributed by atoms with Gasteiger partial charge in [-0.05, 0) is 55.3 Å². The number of likely N-dealkylation sites (tertiary alicyclic amines) is 1. The van der Waals surface area contributed by atoms with E-state index in [1.165, 1.54) is 22.0 Å². The fourth-order valence-electron chi connectivity index (χ4n) is 4.97. The van der Waals surface area contributed by atoms with Crippen LogP contribution in [0, 0.1) is 5.92 Å². The molecule has 0 radical (unpaired) electrons. The SMILES string of the molecule is O=C(C1CCN(Cc2ccncc2)CC1)N1CCN(Cc2c[nH]c3ccccc23)CC1. The second kappa shape index (κ2) is 9.20. The van der Waals surface area contributed by atoms with Crippen molar-refractivity contribution in [2.24, 2.45) is 5.92 Å². The number of aromatic amines is 1. The first-order chi connectivity index (χ1) is 15.3. The number of aromatic nitrogens is 2. The van der Waals surface area contributed by atoms with Gasteiger partial charge in [-0.2, -0.15) is 0 Å². The lowest BCUT2D eigenvalue weighted by molar-refractivity contribution is -0.139. The van der Waals surface area contributed by atoms with E-state index in [4.69, 9.17) is 0 Å². The van der Waals surface area contributed by atoms with Crippen molar-refractivity contribution < 1.29 is 4.79 Å². The zero-order valence-electron chi connectivity index (χ0n) is 18.0. The molecule has 0 aliphatic carbocycles. The Hall–Kier alpha value is -2.70. The van der Waals surface area contributed by atoms with E-state index in [9.17, 15) is 4.79 Å². The van der Waals surface area contributed by atoms with Crippen LogP contribution in [0.2, 0.25) is 0 Å². The molecule has 2 aromatic heterocycles. The molecule has 1 aromatic carbocycles. The van der Waals surface area contributed by atoms with Crippen molar-refractivity contribution in [1.82, 2.24) is 24.7 Å². The number of nitrogens with zero attached hydrogens (tertiary/aromatic N) is 4. The van der Waals surface area contributed by atoms with Crippen LogP contribution in [0.15, 0.2) is 55.0 Å². The number of carbonyl (C=O) groups excluding carboxylic acids is 1. The number of piperidine rings is 1. The van der Waals surface area contributed by atoms with Gasteiger partial charge in [-0.15, -0.1) is 0 Å². The summed E-state index contributed by atoms with van der Waals surface area (Å²) < 4.78 is 0. The summed E-state index contributed by atoms with van der Waals surface area (Å²) in [5.74, 6) is 0.559. The summed E-state index contributed by atoms with van der Waals surface area (Å²) in [5.41, 5.74) is 3.84. The Morgan fingerprint density at radius 1 is 0.903 bits per heavy atom. The minimum absolute atomic E-state index is 0.189. The van der Waals surface area contributed by atoms with Crippen LogP contribution in [0.5, 0.6) is 0 Å². The van der Waals surface area contributed by atoms with E-state index >= 15 is 0 Å². The number of H-pyrrole nitrogens is 1. The lowest BCUT2D eigenvalue weighted by atomic mass is 9.94. The van der Waals surface area contributed by atoms with Crippen molar-refractivity contribution in [1.29, 1.82) is 0 Å². The van der Waals surface area contributed by atoms with Gasteiger partial charge in [0.1, 0.15) is 0 Å². The van der Waals surface area contributed by atoms with Crippen LogP contribution in [0.1, 0.15) is 24.0 Å². The highest BCUT2D eigenvalue weighted by Gasteiger charge is 2.30. The molecule has 2 saturated heterocycles. The minimum Gasteiger partial charge on any atom is -0.361 e. The molecule has 162 valence electrons. The normalized spacial score (nSPS) is 19.2. The highest BCUT2D eigenvalue weighted by Crippen LogP contribution is 2.23. The number of para-hydroxylation sites is 1. The maximum atomic E-state index is 13.1. The third-order valence-corrected chi connectivity index (χ3v) is 6.85. The summed E-state index contributed by atoms with van der Waals surface area (Å²) in [6.07, 6.45) is 7.77. The van der Waals surface area contributed by atoms with Crippen LogP contribution in [-0.4, -0.2) is 69.8 Å². The van der Waals surface area contributed by atoms with Crippen molar-refractivity contribution in [3.05, 3.63) is 66.1 Å². The molecule has 31 heavy (non-hydrogen) atoms. The van der Waals surface area contributed by atoms with Gasteiger partial charge in [0.2, 0.25) is 5.91 Å². The predicted molar refractivity (Wildman–Crippen MR) is 122 cm³/mol. The van der Waals surface area contributed by atoms with Gasteiger partial charge in [0.05, 0.1) is 0 Å². The van der Waals surface area contributed by atoms with Crippen LogP contribution in [-0.2, 0) is 17.9 Å². The zero-order chi connectivity index (χ0) is 21.0. The van der Waals surface area contributed by atoms with Gasteiger partial charge < -0.3 is 9.88 Å². The Kier molecular flexibility index (Phi) is 6.00. The van der Waals surface area contributed by atoms with E-state index in [-0.39, 0.29) is 5.92 Å². The fourth-order valence-corrected chi connectivity index (χ4v) is 4.97. The van der Waals surface area contributed by atoms with Gasteiger partial charge in [0.15, 0.2) is 0 Å². The summed E-state index contributed by atoms with van der Waals surface area (Å²) >= 11 is 0. The summed E-state index contributed by atoms with van der Waals surface area (Å²) in [6, 6.07) is 12.6. The Morgan fingerprint density at radius 3 is 2.39 bits per heavy atom. The number of benzene rings is 1. The standard InChI is InChI=1S/C25H31N5O/c31-25(21-7-11-28(12-8-21)18-20-5-9-26-10-6-20)30-15-13-29(14-16-30)19-22-17-27-24-4-2-1-3-23(22)24/h1-6,9-10,17,21,27H,7-8,11-16,18-19H2. The predicted octanol–water partition coefficient (Wildman–Crippen LogP) is 3.12. The molecule has 3 aromatic rings. The summed E-state index contributed by atoms with van der Waals surface area (Å²) in [4.78, 5) is 27.6. The molecule has 0 spiro atoms. The van der Waals surface area contributed by atoms with Gasteiger partial charge >= 0.3 is 0 Å². The largest absolute Gasteiger partial charge is 0.361 e. The molecule has 2 aliphatic heterocycles. The number of amides is 1. The van der Waals surface area contributed by atoms with E-state index in [0.717, 1.165) is 65.2 Å². The number of pyridine rings is 1. The number of hydrogen-bond acceptors (Lipinski definition) is 4. The monoisotopic (exact) mass is 417 g/mol. The Bertz CT molecular complexity index is 1000. The molecule has 0 saturated carbocycles. The lowest BCUT2D eigenvalue weighted by Crippen LogP contribution is -2.51. The van der Waals surface area contributed by atoms with Gasteiger partial charge in [0, 0.05) is 74.7 Å². The van der Waals surface area contributed by atoms with Gasteiger partial charge in [-0.3, -0.25) is 19.6 Å². The van der Waals surface area contributed by atoms with Crippen molar-refractivity contribution in [3.8, 4) is 0 Å². The smallest absolute Gasteiger partial charge is 0.225 e. The van der Waals surface area contributed by atoms with E-state index in [1.54, 1.807) is 0 Å². The van der Waals surface area contributed by atoms with E-state index in [0.29, 0.717) is 5.91 Å². The fraction of sp³-hybridized carbons (Fsp3) is 0.440. The third kappa shape index (κ3) is 4.65. The molecule has 1 N–H and O–H groups in total. The van der Waals surface area contributed by atoms with Crippen molar-refractivity contribution in [2.75, 3.05) is 39.3 Å². The molecule has 5 rings (SSSR count). The van der Waals surface area contributed by atoms with E-state index < -0.39 is 0 Å². The molecule has 0 atom stereocenters. The third-order valence-electron chi connectivity index (χ3n) is 6.85. The maximum absolute atomic E-state index is 13.1. The number of fused-ring (bicyclic) bond motifs is 1. The lowest BCUT2D eigenvalue weighted by Gasteiger charge is -2.38. The average Bonchev–Trinajstić information content (AvgIpc) is 3.23. The van der Waals surface area contributed by atoms with Crippen LogP contribution < -0.4 is 0 Å². The van der Waals surface area contributed by atoms with Gasteiger partial charge in [-0.1, -0.05) is 18.2 Å². The molecular weight excluding hydrogens is 386 g/mol. The first-order valence-corrected chi connectivity index (χ1v) is 11.4. The quantitative estimate of drug-likeness (QED) is 0.693. The summed E-state index contributed by atoms with van der Waals surface area (Å²) in [5, 5.41) is 1.31. The Balaban J connectivity index is 1.09. The first-order valence-electron chi connectivity index (χ1n) is 11.4. The van der Waals surface area contributed by atoms with Crippen molar-refractivity contribution >= 4 is 16.8 Å². The number of piperazine rings is 1. The summed E-state index contributed by atoms with van der Waals surface area (Å²) in [7, 11) is 0. The van der Waals surface area contributed by atoms with Crippen LogP contribution in [0.4, 0.5) is 0 Å². The molecule has 0 unspecified atom stereocenters. The average molecular weight is 418 g/mol. The summed E-state index contributed by atoms with van der Waals surface area (Å²) in [6.45, 7) is 7.49.